The Bertz CT molecular complexity index is 836. The molecule has 148 valence electrons. The highest BCUT2D eigenvalue weighted by Gasteiger charge is 2.08. The van der Waals surface area contributed by atoms with Gasteiger partial charge < -0.3 is 10.1 Å². The number of rotatable bonds is 6. The molecule has 0 radical (unpaired) electrons. The van der Waals surface area contributed by atoms with E-state index in [-0.39, 0.29) is 24.0 Å². The van der Waals surface area contributed by atoms with Crippen molar-refractivity contribution in [1.29, 1.82) is 0 Å². The number of aryl methyl sites for hydroxylation is 3. The standard InChI is InChI=1S/C20H22ClN3O3S/c1-13-10-16(11-14(2)19(13)21)27-12-18(26)23-24-20(28)22-17(25)9-8-15-6-4-3-5-7-15/h3-7,10-11H,8-9,12H2,1-2H3,(H,23,26)(H2,22,24,25,28). The van der Waals surface area contributed by atoms with Crippen LogP contribution in [-0.4, -0.2) is 23.5 Å². The molecule has 0 fully saturated rings. The third-order valence-electron chi connectivity index (χ3n) is 3.83. The summed E-state index contributed by atoms with van der Waals surface area (Å²) >= 11 is 11.1. The van der Waals surface area contributed by atoms with Gasteiger partial charge in [-0.05, 0) is 61.3 Å². The second kappa shape index (κ2) is 10.6. The minimum Gasteiger partial charge on any atom is -0.484 e. The van der Waals surface area contributed by atoms with E-state index in [1.54, 1.807) is 12.1 Å². The van der Waals surface area contributed by atoms with Crippen molar-refractivity contribution >= 4 is 40.7 Å². The Labute approximate surface area is 174 Å². The van der Waals surface area contributed by atoms with Crippen LogP contribution in [-0.2, 0) is 16.0 Å². The molecule has 6 nitrogen and oxygen atoms in total. The molecule has 3 N–H and O–H groups in total. The molecule has 0 spiro atoms. The van der Waals surface area contributed by atoms with Gasteiger partial charge in [0.1, 0.15) is 5.75 Å². The van der Waals surface area contributed by atoms with Crippen molar-refractivity contribution in [2.24, 2.45) is 0 Å². The summed E-state index contributed by atoms with van der Waals surface area (Å²) in [5.74, 6) is -0.128. The summed E-state index contributed by atoms with van der Waals surface area (Å²) in [5, 5.41) is 3.20. The molecule has 0 atom stereocenters. The lowest BCUT2D eigenvalue weighted by Gasteiger charge is -2.12. The zero-order chi connectivity index (χ0) is 20.5. The number of carbonyl (C=O) groups is 2. The molecule has 0 heterocycles. The number of hydrogen-bond donors (Lipinski definition) is 3. The average Bonchev–Trinajstić information content (AvgIpc) is 2.68. The number of ether oxygens (including phenoxy) is 1. The van der Waals surface area contributed by atoms with E-state index in [1.807, 2.05) is 44.2 Å². The Balaban J connectivity index is 1.67. The Hall–Kier alpha value is -2.64. The van der Waals surface area contributed by atoms with Gasteiger partial charge in [0.25, 0.3) is 5.91 Å². The Morgan fingerprint density at radius 1 is 1.04 bits per heavy atom. The van der Waals surface area contributed by atoms with E-state index in [9.17, 15) is 9.59 Å². The molecule has 0 saturated carbocycles. The average molecular weight is 420 g/mol. The van der Waals surface area contributed by atoms with Gasteiger partial charge in [-0.25, -0.2) is 0 Å². The van der Waals surface area contributed by atoms with Gasteiger partial charge in [0.15, 0.2) is 11.7 Å². The molecule has 0 bridgehead atoms. The molecule has 0 unspecified atom stereocenters. The summed E-state index contributed by atoms with van der Waals surface area (Å²) in [7, 11) is 0. The highest BCUT2D eigenvalue weighted by atomic mass is 35.5. The third kappa shape index (κ3) is 7.17. The van der Waals surface area contributed by atoms with Crippen molar-refractivity contribution in [3.8, 4) is 5.75 Å². The Morgan fingerprint density at radius 3 is 2.32 bits per heavy atom. The van der Waals surface area contributed by atoms with E-state index < -0.39 is 5.91 Å². The maximum Gasteiger partial charge on any atom is 0.276 e. The topological polar surface area (TPSA) is 79.5 Å². The largest absolute Gasteiger partial charge is 0.484 e. The molecular weight excluding hydrogens is 398 g/mol. The highest BCUT2D eigenvalue weighted by molar-refractivity contribution is 7.80. The lowest BCUT2D eigenvalue weighted by molar-refractivity contribution is -0.124. The van der Waals surface area contributed by atoms with Crippen LogP contribution in [0.3, 0.4) is 0 Å². The first-order valence-electron chi connectivity index (χ1n) is 8.67. The summed E-state index contributed by atoms with van der Waals surface area (Å²) in [4.78, 5) is 23.7. The summed E-state index contributed by atoms with van der Waals surface area (Å²) in [6.07, 6.45) is 0.896. The molecule has 0 aromatic heterocycles. The first kappa shape index (κ1) is 21.7. The van der Waals surface area contributed by atoms with Crippen LogP contribution < -0.4 is 20.9 Å². The van der Waals surface area contributed by atoms with Crippen molar-refractivity contribution in [2.45, 2.75) is 26.7 Å². The zero-order valence-corrected chi connectivity index (χ0v) is 17.2. The van der Waals surface area contributed by atoms with E-state index in [4.69, 9.17) is 28.6 Å². The predicted octanol–water partition coefficient (Wildman–Crippen LogP) is 2.99. The number of carbonyl (C=O) groups excluding carboxylic acids is 2. The van der Waals surface area contributed by atoms with Gasteiger partial charge in [-0.3, -0.25) is 20.4 Å². The van der Waals surface area contributed by atoms with Gasteiger partial charge in [0.2, 0.25) is 5.91 Å². The van der Waals surface area contributed by atoms with Crippen LogP contribution >= 0.6 is 23.8 Å². The van der Waals surface area contributed by atoms with Gasteiger partial charge in [-0.1, -0.05) is 41.9 Å². The molecule has 2 rings (SSSR count). The lowest BCUT2D eigenvalue weighted by Crippen LogP contribution is -2.49. The first-order valence-corrected chi connectivity index (χ1v) is 9.46. The van der Waals surface area contributed by atoms with Crippen molar-refractivity contribution in [3.63, 3.8) is 0 Å². The molecule has 0 aliphatic heterocycles. The van der Waals surface area contributed by atoms with Crippen molar-refractivity contribution in [1.82, 2.24) is 16.2 Å². The summed E-state index contributed by atoms with van der Waals surface area (Å²) in [5.41, 5.74) is 7.66. The smallest absolute Gasteiger partial charge is 0.276 e. The van der Waals surface area contributed by atoms with Crippen LogP contribution in [0.1, 0.15) is 23.1 Å². The second-order valence-electron chi connectivity index (χ2n) is 6.20. The van der Waals surface area contributed by atoms with Crippen LogP contribution in [0.4, 0.5) is 0 Å². The fraction of sp³-hybridized carbons (Fsp3) is 0.250. The van der Waals surface area contributed by atoms with E-state index in [2.05, 4.69) is 16.2 Å². The molecule has 2 aromatic rings. The van der Waals surface area contributed by atoms with Crippen LogP contribution in [0.2, 0.25) is 5.02 Å². The van der Waals surface area contributed by atoms with Crippen molar-refractivity contribution in [2.75, 3.05) is 6.61 Å². The summed E-state index contributed by atoms with van der Waals surface area (Å²) in [6.45, 7) is 3.52. The molecule has 8 heteroatoms. The molecule has 28 heavy (non-hydrogen) atoms. The monoisotopic (exact) mass is 419 g/mol. The SMILES string of the molecule is Cc1cc(OCC(=O)NNC(=S)NC(=O)CCc2ccccc2)cc(C)c1Cl. The number of thiocarbonyl (C=S) groups is 1. The number of hydrazine groups is 1. The molecule has 0 aliphatic rings. The van der Waals surface area contributed by atoms with Crippen molar-refractivity contribution < 1.29 is 14.3 Å². The van der Waals surface area contributed by atoms with Gasteiger partial charge in [-0.2, -0.15) is 0 Å². The van der Waals surface area contributed by atoms with Crippen LogP contribution in [0.25, 0.3) is 0 Å². The fourth-order valence-corrected chi connectivity index (χ4v) is 2.70. The fourth-order valence-electron chi connectivity index (χ4n) is 2.42. The number of amides is 2. The predicted molar refractivity (Wildman–Crippen MR) is 113 cm³/mol. The number of halogens is 1. The quantitative estimate of drug-likeness (QED) is 0.495. The van der Waals surface area contributed by atoms with Gasteiger partial charge in [-0.15, -0.1) is 0 Å². The van der Waals surface area contributed by atoms with Gasteiger partial charge >= 0.3 is 0 Å². The van der Waals surface area contributed by atoms with Crippen LogP contribution in [0, 0.1) is 13.8 Å². The lowest BCUT2D eigenvalue weighted by atomic mass is 10.1. The van der Waals surface area contributed by atoms with Crippen LogP contribution in [0.15, 0.2) is 42.5 Å². The van der Waals surface area contributed by atoms with E-state index >= 15 is 0 Å². The minimum atomic E-state index is -0.439. The molecule has 2 amide bonds. The normalized spacial score (nSPS) is 10.1. The van der Waals surface area contributed by atoms with Crippen LogP contribution in [0.5, 0.6) is 5.75 Å². The second-order valence-corrected chi connectivity index (χ2v) is 6.98. The zero-order valence-electron chi connectivity index (χ0n) is 15.7. The Morgan fingerprint density at radius 2 is 1.68 bits per heavy atom. The highest BCUT2D eigenvalue weighted by Crippen LogP contribution is 2.25. The first-order chi connectivity index (χ1) is 13.3. The molecule has 2 aromatic carbocycles. The van der Waals surface area contributed by atoms with E-state index in [0.29, 0.717) is 17.2 Å². The summed E-state index contributed by atoms with van der Waals surface area (Å²) in [6, 6.07) is 13.2. The molecular formula is C20H22ClN3O3S. The number of hydrogen-bond acceptors (Lipinski definition) is 4. The minimum absolute atomic E-state index is 0.0181. The molecule has 0 aliphatic carbocycles. The maximum absolute atomic E-state index is 11.9. The molecule has 0 saturated heterocycles. The van der Waals surface area contributed by atoms with Crippen molar-refractivity contribution in [3.05, 3.63) is 64.2 Å². The number of nitrogens with one attached hydrogen (secondary N) is 3. The van der Waals surface area contributed by atoms with E-state index in [0.717, 1.165) is 16.7 Å². The third-order valence-corrected chi connectivity index (χ3v) is 4.63. The van der Waals surface area contributed by atoms with E-state index in [1.165, 1.54) is 0 Å². The summed E-state index contributed by atoms with van der Waals surface area (Å²) < 4.78 is 5.44. The number of benzene rings is 2. The maximum atomic E-state index is 11.9. The van der Waals surface area contributed by atoms with Gasteiger partial charge in [0, 0.05) is 11.4 Å². The Kier molecular flexibility index (Phi) is 8.22. The van der Waals surface area contributed by atoms with Gasteiger partial charge in [0.05, 0.1) is 0 Å².